The van der Waals surface area contributed by atoms with E-state index in [1.165, 1.54) is 0 Å². The minimum atomic E-state index is -0.397. The molecule has 1 unspecified atom stereocenters. The van der Waals surface area contributed by atoms with Crippen molar-refractivity contribution in [2.45, 2.75) is 64.6 Å². The standard InChI is InChI=1S/C14H26N2O2/c1-9(15)5-6-11-10-7-12(11)16(8-10)13(17)18-14(2,3)4/h9-12H,5-8,15H2,1-4H3/t9-,10+,11?,12+/m1/s1. The van der Waals surface area contributed by atoms with E-state index >= 15 is 0 Å². The maximum atomic E-state index is 12.1. The molecule has 4 heteroatoms. The molecule has 1 aliphatic carbocycles. The summed E-state index contributed by atoms with van der Waals surface area (Å²) in [4.78, 5) is 14.0. The first-order valence-electron chi connectivity index (χ1n) is 7.03. The number of carbonyl (C=O) groups excluding carboxylic acids is 1. The van der Waals surface area contributed by atoms with E-state index in [-0.39, 0.29) is 12.1 Å². The zero-order valence-electron chi connectivity index (χ0n) is 12.0. The summed E-state index contributed by atoms with van der Waals surface area (Å²) < 4.78 is 5.45. The van der Waals surface area contributed by atoms with Crippen molar-refractivity contribution in [3.05, 3.63) is 0 Å². The molecule has 0 aromatic rings. The molecule has 104 valence electrons. The van der Waals surface area contributed by atoms with Crippen molar-refractivity contribution >= 4 is 6.09 Å². The highest BCUT2D eigenvalue weighted by molar-refractivity contribution is 5.69. The molecule has 0 radical (unpaired) electrons. The topological polar surface area (TPSA) is 55.6 Å². The molecule has 2 bridgehead atoms. The quantitative estimate of drug-likeness (QED) is 0.841. The Kier molecular flexibility index (Phi) is 3.58. The summed E-state index contributed by atoms with van der Waals surface area (Å²) in [6.45, 7) is 8.67. The van der Waals surface area contributed by atoms with Gasteiger partial charge in [-0.15, -0.1) is 0 Å². The average molecular weight is 254 g/mol. The molecule has 0 spiro atoms. The number of nitrogens with zero attached hydrogens (tertiary/aromatic N) is 1. The van der Waals surface area contributed by atoms with Crippen LogP contribution < -0.4 is 5.73 Å². The highest BCUT2D eigenvalue weighted by Crippen LogP contribution is 2.48. The molecular formula is C14H26N2O2. The van der Waals surface area contributed by atoms with E-state index in [1.807, 2.05) is 32.6 Å². The van der Waals surface area contributed by atoms with Gasteiger partial charge < -0.3 is 15.4 Å². The molecule has 0 aromatic heterocycles. The van der Waals surface area contributed by atoms with Crippen molar-refractivity contribution in [1.29, 1.82) is 0 Å². The maximum absolute atomic E-state index is 12.1. The molecule has 2 saturated heterocycles. The van der Waals surface area contributed by atoms with Crippen LogP contribution in [-0.4, -0.2) is 35.2 Å². The predicted molar refractivity (Wildman–Crippen MR) is 71.2 cm³/mol. The molecule has 18 heavy (non-hydrogen) atoms. The van der Waals surface area contributed by atoms with Crippen molar-refractivity contribution in [2.75, 3.05) is 6.54 Å². The monoisotopic (exact) mass is 254 g/mol. The van der Waals surface area contributed by atoms with Crippen molar-refractivity contribution in [2.24, 2.45) is 17.6 Å². The third kappa shape index (κ3) is 2.79. The number of rotatable bonds is 3. The Balaban J connectivity index is 1.86. The molecule has 3 fully saturated rings. The molecule has 3 aliphatic rings. The number of nitrogens with two attached hydrogens (primary N) is 1. The van der Waals surface area contributed by atoms with Crippen LogP contribution in [0, 0.1) is 11.8 Å². The summed E-state index contributed by atoms with van der Waals surface area (Å²) in [6, 6.07) is 0.670. The van der Waals surface area contributed by atoms with E-state index < -0.39 is 5.60 Å². The first-order chi connectivity index (χ1) is 8.28. The van der Waals surface area contributed by atoms with Gasteiger partial charge >= 0.3 is 6.09 Å². The Morgan fingerprint density at radius 3 is 2.72 bits per heavy atom. The van der Waals surface area contributed by atoms with Crippen LogP contribution in [0.5, 0.6) is 0 Å². The maximum Gasteiger partial charge on any atom is 0.410 e. The Labute approximate surface area is 110 Å². The SMILES string of the molecule is C[C@@H](N)CCC1[C@H]2C[C@@H]1N(C(=O)OC(C)(C)C)C2. The lowest BCUT2D eigenvalue weighted by atomic mass is 9.71. The van der Waals surface area contributed by atoms with E-state index in [9.17, 15) is 4.79 Å². The summed E-state index contributed by atoms with van der Waals surface area (Å²) in [6.07, 6.45) is 3.22. The number of amides is 1. The zero-order valence-corrected chi connectivity index (χ0v) is 12.0. The Morgan fingerprint density at radius 1 is 1.50 bits per heavy atom. The van der Waals surface area contributed by atoms with Gasteiger partial charge in [-0.3, -0.25) is 0 Å². The third-order valence-corrected chi connectivity index (χ3v) is 4.06. The van der Waals surface area contributed by atoms with Crippen molar-refractivity contribution < 1.29 is 9.53 Å². The van der Waals surface area contributed by atoms with Gasteiger partial charge in [-0.2, -0.15) is 0 Å². The molecule has 2 aliphatic heterocycles. The zero-order chi connectivity index (χ0) is 13.5. The number of fused-ring (bicyclic) bond motifs is 1. The molecule has 2 heterocycles. The number of carbonyl (C=O) groups is 1. The number of hydrogen-bond donors (Lipinski definition) is 1. The third-order valence-electron chi connectivity index (χ3n) is 4.06. The summed E-state index contributed by atoms with van der Waals surface area (Å²) in [5.41, 5.74) is 5.41. The summed E-state index contributed by atoms with van der Waals surface area (Å²) in [5.74, 6) is 1.34. The van der Waals surface area contributed by atoms with Crippen molar-refractivity contribution in [1.82, 2.24) is 4.90 Å². The molecular weight excluding hydrogens is 228 g/mol. The van der Waals surface area contributed by atoms with Gasteiger partial charge in [0, 0.05) is 18.6 Å². The molecule has 3 rings (SSSR count). The molecule has 0 aromatic carbocycles. The van der Waals surface area contributed by atoms with Gasteiger partial charge in [-0.25, -0.2) is 4.79 Å². The largest absolute Gasteiger partial charge is 0.444 e. The van der Waals surface area contributed by atoms with Gasteiger partial charge in [0.05, 0.1) is 0 Å². The average Bonchev–Trinajstić information content (AvgIpc) is 2.71. The fourth-order valence-corrected chi connectivity index (χ4v) is 3.15. The van der Waals surface area contributed by atoms with E-state index in [0.29, 0.717) is 17.9 Å². The van der Waals surface area contributed by atoms with Gasteiger partial charge in [0.25, 0.3) is 0 Å². The van der Waals surface area contributed by atoms with Gasteiger partial charge in [-0.05, 0) is 58.8 Å². The second kappa shape index (κ2) is 4.72. The van der Waals surface area contributed by atoms with Gasteiger partial charge in [0.1, 0.15) is 5.60 Å². The van der Waals surface area contributed by atoms with Crippen LogP contribution in [0.4, 0.5) is 4.79 Å². The summed E-state index contributed by atoms with van der Waals surface area (Å²) in [5, 5.41) is 0. The summed E-state index contributed by atoms with van der Waals surface area (Å²) >= 11 is 0. The number of ether oxygens (including phenoxy) is 1. The molecule has 1 saturated carbocycles. The molecule has 4 nitrogen and oxygen atoms in total. The van der Waals surface area contributed by atoms with E-state index in [0.717, 1.165) is 25.8 Å². The van der Waals surface area contributed by atoms with Crippen LogP contribution in [0.15, 0.2) is 0 Å². The van der Waals surface area contributed by atoms with E-state index in [1.54, 1.807) is 0 Å². The minimum Gasteiger partial charge on any atom is -0.444 e. The van der Waals surface area contributed by atoms with Gasteiger partial charge in [-0.1, -0.05) is 0 Å². The lowest BCUT2D eigenvalue weighted by molar-refractivity contribution is 0.0195. The Morgan fingerprint density at radius 2 is 2.17 bits per heavy atom. The number of hydrogen-bond acceptors (Lipinski definition) is 3. The second-order valence-corrected chi connectivity index (χ2v) is 6.91. The summed E-state index contributed by atoms with van der Waals surface area (Å²) in [7, 11) is 0. The predicted octanol–water partition coefficient (Wildman–Crippen LogP) is 2.37. The normalized spacial score (nSPS) is 32.1. The van der Waals surface area contributed by atoms with Gasteiger partial charge in [0.2, 0.25) is 0 Å². The van der Waals surface area contributed by atoms with Crippen molar-refractivity contribution in [3.8, 4) is 0 Å². The molecule has 1 amide bonds. The van der Waals surface area contributed by atoms with Crippen molar-refractivity contribution in [3.63, 3.8) is 0 Å². The Bertz CT molecular complexity index is 322. The van der Waals surface area contributed by atoms with Crippen LogP contribution >= 0.6 is 0 Å². The fourth-order valence-electron chi connectivity index (χ4n) is 3.15. The minimum absolute atomic E-state index is 0.140. The smallest absolute Gasteiger partial charge is 0.410 e. The lowest BCUT2D eigenvalue weighted by Gasteiger charge is -2.37. The van der Waals surface area contributed by atoms with E-state index in [4.69, 9.17) is 10.5 Å². The fraction of sp³-hybridized carbons (Fsp3) is 0.929. The van der Waals surface area contributed by atoms with Crippen LogP contribution in [0.25, 0.3) is 0 Å². The van der Waals surface area contributed by atoms with Gasteiger partial charge in [0.15, 0.2) is 0 Å². The van der Waals surface area contributed by atoms with Crippen LogP contribution in [0.3, 0.4) is 0 Å². The van der Waals surface area contributed by atoms with Crippen LogP contribution in [0.2, 0.25) is 0 Å². The molecule has 4 atom stereocenters. The molecule has 2 N–H and O–H groups in total. The lowest BCUT2D eigenvalue weighted by Crippen LogP contribution is -2.43. The van der Waals surface area contributed by atoms with Crippen LogP contribution in [0.1, 0.15) is 47.0 Å². The van der Waals surface area contributed by atoms with Crippen LogP contribution in [-0.2, 0) is 4.74 Å². The first-order valence-corrected chi connectivity index (χ1v) is 7.03. The Hall–Kier alpha value is -0.770. The van der Waals surface area contributed by atoms with E-state index in [2.05, 4.69) is 0 Å². The highest BCUT2D eigenvalue weighted by Gasteiger charge is 2.53. The first kappa shape index (κ1) is 13.7. The second-order valence-electron chi connectivity index (χ2n) is 6.91. The highest BCUT2D eigenvalue weighted by atomic mass is 16.6.